The van der Waals surface area contributed by atoms with Gasteiger partial charge in [0.2, 0.25) is 0 Å². The van der Waals surface area contributed by atoms with Gasteiger partial charge >= 0.3 is 5.97 Å². The van der Waals surface area contributed by atoms with E-state index >= 15 is 0 Å². The Bertz CT molecular complexity index is 817. The average Bonchev–Trinajstić information content (AvgIpc) is 3.03. The first-order valence-corrected chi connectivity index (χ1v) is 7.53. The van der Waals surface area contributed by atoms with Gasteiger partial charge in [-0.3, -0.25) is 4.79 Å². The molecule has 124 valence electrons. The van der Waals surface area contributed by atoms with E-state index in [1.165, 1.54) is 0 Å². The molecule has 0 atom stereocenters. The Kier molecular flexibility index (Phi) is 4.70. The van der Waals surface area contributed by atoms with Crippen molar-refractivity contribution in [3.8, 4) is 11.5 Å². The van der Waals surface area contributed by atoms with Crippen LogP contribution >= 0.6 is 0 Å². The van der Waals surface area contributed by atoms with E-state index in [-0.39, 0.29) is 19.0 Å². The van der Waals surface area contributed by atoms with Crippen molar-refractivity contribution in [2.45, 2.75) is 13.0 Å². The minimum atomic E-state index is -0.359. The molecule has 0 spiro atoms. The van der Waals surface area contributed by atoms with Crippen LogP contribution in [0, 0.1) is 0 Å². The second-order valence-electron chi connectivity index (χ2n) is 5.27. The number of hydrogen-bond donors (Lipinski definition) is 0. The van der Waals surface area contributed by atoms with Gasteiger partial charge in [-0.2, -0.15) is 0 Å². The van der Waals surface area contributed by atoms with Crippen LogP contribution in [0.2, 0.25) is 0 Å². The molecule has 3 rings (SSSR count). The summed E-state index contributed by atoms with van der Waals surface area (Å²) >= 11 is 0. The van der Waals surface area contributed by atoms with Crippen LogP contribution in [-0.2, 0) is 22.6 Å². The minimum Gasteiger partial charge on any atom is -0.497 e. The van der Waals surface area contributed by atoms with E-state index in [1.54, 1.807) is 32.4 Å². The maximum absolute atomic E-state index is 12.1. The van der Waals surface area contributed by atoms with Gasteiger partial charge in [-0.05, 0) is 30.3 Å². The fourth-order valence-corrected chi connectivity index (χ4v) is 2.49. The highest BCUT2D eigenvalue weighted by atomic mass is 16.5. The predicted octanol–water partition coefficient (Wildman–Crippen LogP) is 3.74. The summed E-state index contributed by atoms with van der Waals surface area (Å²) in [6.45, 7) is 0.0970. The number of rotatable bonds is 6. The van der Waals surface area contributed by atoms with Gasteiger partial charge in [-0.1, -0.05) is 18.2 Å². The molecular weight excluding hydrogens is 308 g/mol. The third-order valence-corrected chi connectivity index (χ3v) is 3.67. The summed E-state index contributed by atoms with van der Waals surface area (Å²) in [5, 5.41) is 0.984. The summed E-state index contributed by atoms with van der Waals surface area (Å²) < 4.78 is 21.4. The van der Waals surface area contributed by atoms with Gasteiger partial charge in [0.1, 0.15) is 29.4 Å². The molecule has 0 amide bonds. The number of furan rings is 1. The van der Waals surface area contributed by atoms with Gasteiger partial charge in [0, 0.05) is 10.9 Å². The molecule has 5 nitrogen and oxygen atoms in total. The SMILES string of the molecule is COc1ccc(OC)c(CC(=O)OCc2cc3ccccc3o2)c1. The van der Waals surface area contributed by atoms with Crippen LogP contribution in [0.1, 0.15) is 11.3 Å². The molecule has 0 aliphatic heterocycles. The molecule has 0 unspecified atom stereocenters. The van der Waals surface area contributed by atoms with Crippen LogP contribution in [0.15, 0.2) is 52.9 Å². The summed E-state index contributed by atoms with van der Waals surface area (Å²) in [6.07, 6.45) is 0.0978. The highest BCUT2D eigenvalue weighted by Gasteiger charge is 2.12. The van der Waals surface area contributed by atoms with Crippen molar-refractivity contribution >= 4 is 16.9 Å². The zero-order valence-corrected chi connectivity index (χ0v) is 13.6. The Hall–Kier alpha value is -2.95. The van der Waals surface area contributed by atoms with Gasteiger partial charge in [0.25, 0.3) is 0 Å². The molecule has 0 bridgehead atoms. The lowest BCUT2D eigenvalue weighted by Gasteiger charge is -2.10. The lowest BCUT2D eigenvalue weighted by atomic mass is 10.1. The van der Waals surface area contributed by atoms with E-state index in [0.29, 0.717) is 22.8 Å². The van der Waals surface area contributed by atoms with Crippen molar-refractivity contribution in [3.63, 3.8) is 0 Å². The fraction of sp³-hybridized carbons (Fsp3) is 0.211. The Balaban J connectivity index is 1.65. The van der Waals surface area contributed by atoms with Gasteiger partial charge in [-0.15, -0.1) is 0 Å². The molecule has 24 heavy (non-hydrogen) atoms. The Morgan fingerprint density at radius 2 is 1.88 bits per heavy atom. The average molecular weight is 326 g/mol. The number of ether oxygens (including phenoxy) is 3. The third kappa shape index (κ3) is 3.51. The fourth-order valence-electron chi connectivity index (χ4n) is 2.49. The van der Waals surface area contributed by atoms with E-state index in [2.05, 4.69) is 0 Å². The normalized spacial score (nSPS) is 10.6. The number of methoxy groups -OCH3 is 2. The molecule has 0 aliphatic rings. The van der Waals surface area contributed by atoms with Crippen LogP contribution < -0.4 is 9.47 Å². The number of carbonyl (C=O) groups excluding carboxylic acids is 1. The van der Waals surface area contributed by atoms with E-state index in [9.17, 15) is 4.79 Å². The standard InChI is InChI=1S/C19H18O5/c1-21-15-7-8-17(22-2)14(10-15)11-19(20)23-12-16-9-13-5-3-4-6-18(13)24-16/h3-10H,11-12H2,1-2H3. The molecule has 2 aromatic carbocycles. The summed E-state index contributed by atoms with van der Waals surface area (Å²) in [5.41, 5.74) is 1.49. The molecule has 0 aliphatic carbocycles. The second kappa shape index (κ2) is 7.08. The Labute approximate surface area is 139 Å². The Morgan fingerprint density at radius 1 is 1.04 bits per heavy atom. The smallest absolute Gasteiger partial charge is 0.310 e. The minimum absolute atomic E-state index is 0.0970. The lowest BCUT2D eigenvalue weighted by molar-refractivity contribution is -0.144. The first-order chi connectivity index (χ1) is 11.7. The van der Waals surface area contributed by atoms with Gasteiger partial charge in [-0.25, -0.2) is 0 Å². The van der Waals surface area contributed by atoms with E-state index in [1.807, 2.05) is 30.3 Å². The van der Waals surface area contributed by atoms with E-state index in [4.69, 9.17) is 18.6 Å². The molecule has 0 radical (unpaired) electrons. The largest absolute Gasteiger partial charge is 0.497 e. The Morgan fingerprint density at radius 3 is 2.62 bits per heavy atom. The highest BCUT2D eigenvalue weighted by molar-refractivity contribution is 5.78. The van der Waals surface area contributed by atoms with Crippen molar-refractivity contribution in [2.75, 3.05) is 14.2 Å². The quantitative estimate of drug-likeness (QED) is 0.646. The predicted molar refractivity (Wildman–Crippen MR) is 89.3 cm³/mol. The van der Waals surface area contributed by atoms with E-state index < -0.39 is 0 Å². The summed E-state index contributed by atoms with van der Waals surface area (Å²) in [4.78, 5) is 12.1. The van der Waals surface area contributed by atoms with Crippen LogP contribution in [0.5, 0.6) is 11.5 Å². The molecular formula is C19H18O5. The van der Waals surface area contributed by atoms with Gasteiger partial charge in [0.15, 0.2) is 0 Å². The van der Waals surface area contributed by atoms with Crippen molar-refractivity contribution in [2.24, 2.45) is 0 Å². The number of benzene rings is 2. The van der Waals surface area contributed by atoms with Crippen LogP contribution in [-0.4, -0.2) is 20.2 Å². The molecule has 1 heterocycles. The lowest BCUT2D eigenvalue weighted by Crippen LogP contribution is -2.09. The molecule has 1 aromatic heterocycles. The molecule has 5 heteroatoms. The molecule has 0 N–H and O–H groups in total. The molecule has 0 fully saturated rings. The first-order valence-electron chi connectivity index (χ1n) is 7.53. The van der Waals surface area contributed by atoms with E-state index in [0.717, 1.165) is 11.0 Å². The molecule has 0 saturated heterocycles. The van der Waals surface area contributed by atoms with Crippen molar-refractivity contribution < 1.29 is 23.4 Å². The van der Waals surface area contributed by atoms with Gasteiger partial charge < -0.3 is 18.6 Å². The van der Waals surface area contributed by atoms with Crippen molar-refractivity contribution in [1.29, 1.82) is 0 Å². The first kappa shape index (κ1) is 15.9. The maximum atomic E-state index is 12.1. The molecule has 0 saturated carbocycles. The second-order valence-corrected chi connectivity index (χ2v) is 5.27. The van der Waals surface area contributed by atoms with Crippen LogP contribution in [0.3, 0.4) is 0 Å². The maximum Gasteiger partial charge on any atom is 0.310 e. The topological polar surface area (TPSA) is 57.9 Å². The number of carbonyl (C=O) groups is 1. The van der Waals surface area contributed by atoms with Crippen LogP contribution in [0.25, 0.3) is 11.0 Å². The number of fused-ring (bicyclic) bond motifs is 1. The highest BCUT2D eigenvalue weighted by Crippen LogP contribution is 2.25. The monoisotopic (exact) mass is 326 g/mol. The number of para-hydroxylation sites is 1. The number of esters is 1. The van der Waals surface area contributed by atoms with Crippen molar-refractivity contribution in [3.05, 3.63) is 59.9 Å². The van der Waals surface area contributed by atoms with Crippen LogP contribution in [0.4, 0.5) is 0 Å². The number of hydrogen-bond acceptors (Lipinski definition) is 5. The zero-order valence-electron chi connectivity index (χ0n) is 13.6. The van der Waals surface area contributed by atoms with Crippen molar-refractivity contribution in [1.82, 2.24) is 0 Å². The summed E-state index contributed by atoms with van der Waals surface area (Å²) in [5.74, 6) is 1.54. The summed E-state index contributed by atoms with van der Waals surface area (Å²) in [6, 6.07) is 14.8. The molecule has 3 aromatic rings. The zero-order chi connectivity index (χ0) is 16.9. The third-order valence-electron chi connectivity index (χ3n) is 3.67. The van der Waals surface area contributed by atoms with Gasteiger partial charge in [0.05, 0.1) is 20.6 Å². The summed E-state index contributed by atoms with van der Waals surface area (Å²) in [7, 11) is 3.14.